The molecule has 0 saturated carbocycles. The third-order valence-electron chi connectivity index (χ3n) is 2.98. The molecule has 0 fully saturated rings. The van der Waals surface area contributed by atoms with Crippen molar-refractivity contribution in [1.29, 1.82) is 5.26 Å². The molecule has 116 valence electrons. The largest absolute Gasteiger partial charge is 0.497 e. The maximum Gasteiger partial charge on any atom is 0.266 e. The third kappa shape index (κ3) is 4.49. The molecular weight excluding hydrogens is 335 g/mol. The van der Waals surface area contributed by atoms with E-state index < -0.39 is 5.91 Å². The van der Waals surface area contributed by atoms with Crippen molar-refractivity contribution in [3.05, 3.63) is 63.6 Å². The number of carbonyl (C=O) groups is 1. The van der Waals surface area contributed by atoms with E-state index in [1.165, 1.54) is 6.08 Å². The highest BCUT2D eigenvalue weighted by Crippen LogP contribution is 2.23. The number of nitriles is 1. The Kier molecular flexibility index (Phi) is 5.64. The van der Waals surface area contributed by atoms with Gasteiger partial charge in [0.15, 0.2) is 0 Å². The van der Waals surface area contributed by atoms with Crippen LogP contribution in [0.2, 0.25) is 10.0 Å². The van der Waals surface area contributed by atoms with Crippen LogP contribution >= 0.6 is 23.2 Å². The zero-order valence-electron chi connectivity index (χ0n) is 12.1. The Hall–Kier alpha value is -2.48. The van der Waals surface area contributed by atoms with Gasteiger partial charge in [0.1, 0.15) is 17.4 Å². The molecule has 0 radical (unpaired) electrons. The summed E-state index contributed by atoms with van der Waals surface area (Å²) in [4.78, 5) is 12.2. The summed E-state index contributed by atoms with van der Waals surface area (Å²) in [6.45, 7) is 0. The predicted octanol–water partition coefficient (Wildman–Crippen LogP) is 4.55. The van der Waals surface area contributed by atoms with Gasteiger partial charge >= 0.3 is 0 Å². The number of halogens is 2. The fourth-order valence-corrected chi connectivity index (χ4v) is 2.26. The van der Waals surface area contributed by atoms with Crippen LogP contribution in [-0.2, 0) is 4.79 Å². The standard InChI is InChI=1S/C17H12Cl2N2O2/c1-23-15-6-4-14(5-7-15)21-17(22)12(10-20)8-11-2-3-13(18)9-16(11)19/h2-9H,1H3,(H,21,22)/b12-8-. The van der Waals surface area contributed by atoms with Crippen molar-refractivity contribution in [3.63, 3.8) is 0 Å². The lowest BCUT2D eigenvalue weighted by Gasteiger charge is -2.06. The van der Waals surface area contributed by atoms with E-state index in [4.69, 9.17) is 27.9 Å². The van der Waals surface area contributed by atoms with Crippen molar-refractivity contribution in [1.82, 2.24) is 0 Å². The molecule has 0 heterocycles. The van der Waals surface area contributed by atoms with E-state index in [1.54, 1.807) is 49.6 Å². The summed E-state index contributed by atoms with van der Waals surface area (Å²) in [5, 5.41) is 12.7. The maximum atomic E-state index is 12.2. The first-order valence-electron chi connectivity index (χ1n) is 6.55. The van der Waals surface area contributed by atoms with E-state index in [0.717, 1.165) is 0 Å². The molecule has 23 heavy (non-hydrogen) atoms. The van der Waals surface area contributed by atoms with Crippen LogP contribution in [0.15, 0.2) is 48.0 Å². The minimum Gasteiger partial charge on any atom is -0.497 e. The summed E-state index contributed by atoms with van der Waals surface area (Å²) >= 11 is 11.9. The highest BCUT2D eigenvalue weighted by atomic mass is 35.5. The molecular formula is C17H12Cl2N2O2. The van der Waals surface area contributed by atoms with Crippen molar-refractivity contribution in [3.8, 4) is 11.8 Å². The van der Waals surface area contributed by atoms with Gasteiger partial charge in [-0.2, -0.15) is 5.26 Å². The molecule has 6 heteroatoms. The van der Waals surface area contributed by atoms with E-state index in [9.17, 15) is 10.1 Å². The average Bonchev–Trinajstić information content (AvgIpc) is 2.54. The molecule has 0 aliphatic rings. The second kappa shape index (κ2) is 7.68. The zero-order chi connectivity index (χ0) is 16.8. The van der Waals surface area contributed by atoms with Crippen LogP contribution in [-0.4, -0.2) is 13.0 Å². The molecule has 2 aromatic rings. The van der Waals surface area contributed by atoms with Gasteiger partial charge in [-0.3, -0.25) is 4.79 Å². The number of ether oxygens (including phenoxy) is 1. The number of nitrogens with one attached hydrogen (secondary N) is 1. The number of hydrogen-bond donors (Lipinski definition) is 1. The van der Waals surface area contributed by atoms with Gasteiger partial charge in [0.05, 0.1) is 7.11 Å². The zero-order valence-corrected chi connectivity index (χ0v) is 13.7. The first kappa shape index (κ1) is 16.9. The van der Waals surface area contributed by atoms with Crippen LogP contribution in [0.3, 0.4) is 0 Å². The van der Waals surface area contributed by atoms with Crippen molar-refractivity contribution >= 4 is 40.9 Å². The number of hydrogen-bond acceptors (Lipinski definition) is 3. The fraction of sp³-hybridized carbons (Fsp3) is 0.0588. The number of rotatable bonds is 4. The number of nitrogens with zero attached hydrogens (tertiary/aromatic N) is 1. The highest BCUT2D eigenvalue weighted by Gasteiger charge is 2.11. The maximum absolute atomic E-state index is 12.2. The number of carbonyl (C=O) groups excluding carboxylic acids is 1. The van der Waals surface area contributed by atoms with Gasteiger partial charge in [-0.1, -0.05) is 29.3 Å². The summed E-state index contributed by atoms with van der Waals surface area (Å²) in [5.74, 6) is 0.149. The molecule has 0 aliphatic heterocycles. The van der Waals surface area contributed by atoms with Crippen molar-refractivity contribution < 1.29 is 9.53 Å². The van der Waals surface area contributed by atoms with E-state index in [2.05, 4.69) is 5.32 Å². The van der Waals surface area contributed by atoms with Gasteiger partial charge in [-0.05, 0) is 48.0 Å². The van der Waals surface area contributed by atoms with Crippen LogP contribution in [0.4, 0.5) is 5.69 Å². The predicted molar refractivity (Wildman–Crippen MR) is 91.7 cm³/mol. The quantitative estimate of drug-likeness (QED) is 0.652. The van der Waals surface area contributed by atoms with Gasteiger partial charge in [0, 0.05) is 15.7 Å². The second-order valence-electron chi connectivity index (χ2n) is 4.52. The van der Waals surface area contributed by atoms with Gasteiger partial charge < -0.3 is 10.1 Å². The molecule has 0 bridgehead atoms. The Morgan fingerprint density at radius 3 is 2.48 bits per heavy atom. The summed E-state index contributed by atoms with van der Waals surface area (Å²) < 4.78 is 5.04. The van der Waals surface area contributed by atoms with Crippen LogP contribution in [0, 0.1) is 11.3 Å². The highest BCUT2D eigenvalue weighted by molar-refractivity contribution is 6.35. The Morgan fingerprint density at radius 2 is 1.91 bits per heavy atom. The number of amides is 1. The number of methoxy groups -OCH3 is 1. The Balaban J connectivity index is 2.20. The molecule has 0 atom stereocenters. The monoisotopic (exact) mass is 346 g/mol. The molecule has 0 aliphatic carbocycles. The molecule has 4 nitrogen and oxygen atoms in total. The van der Waals surface area contributed by atoms with Crippen molar-refractivity contribution in [2.24, 2.45) is 0 Å². The first-order valence-corrected chi connectivity index (χ1v) is 7.31. The SMILES string of the molecule is COc1ccc(NC(=O)/C(C#N)=C\c2ccc(Cl)cc2Cl)cc1. The van der Waals surface area contributed by atoms with E-state index in [-0.39, 0.29) is 5.57 Å². The lowest BCUT2D eigenvalue weighted by molar-refractivity contribution is -0.112. The summed E-state index contributed by atoms with van der Waals surface area (Å²) in [6, 6.07) is 13.5. The molecule has 0 saturated heterocycles. The summed E-state index contributed by atoms with van der Waals surface area (Å²) in [6.07, 6.45) is 1.41. The third-order valence-corrected chi connectivity index (χ3v) is 3.54. The first-order chi connectivity index (χ1) is 11.0. The van der Waals surface area contributed by atoms with Crippen molar-refractivity contribution in [2.75, 3.05) is 12.4 Å². The topological polar surface area (TPSA) is 62.1 Å². The molecule has 0 unspecified atom stereocenters. The van der Waals surface area contributed by atoms with Gasteiger partial charge in [-0.25, -0.2) is 0 Å². The average molecular weight is 347 g/mol. The Morgan fingerprint density at radius 1 is 1.22 bits per heavy atom. The van der Waals surface area contributed by atoms with Crippen LogP contribution in [0.1, 0.15) is 5.56 Å². The Bertz CT molecular complexity index is 793. The van der Waals surface area contributed by atoms with Gasteiger partial charge in [0.25, 0.3) is 5.91 Å². The number of anilines is 1. The smallest absolute Gasteiger partial charge is 0.266 e. The molecule has 0 aromatic heterocycles. The van der Waals surface area contributed by atoms with Gasteiger partial charge in [-0.15, -0.1) is 0 Å². The minimum atomic E-state index is -0.524. The minimum absolute atomic E-state index is 0.0648. The lowest BCUT2D eigenvalue weighted by Crippen LogP contribution is -2.13. The van der Waals surface area contributed by atoms with E-state index in [0.29, 0.717) is 27.0 Å². The van der Waals surface area contributed by atoms with Crippen molar-refractivity contribution in [2.45, 2.75) is 0 Å². The van der Waals surface area contributed by atoms with Crippen LogP contribution < -0.4 is 10.1 Å². The Labute approximate surface area is 143 Å². The van der Waals surface area contributed by atoms with Crippen LogP contribution in [0.5, 0.6) is 5.75 Å². The summed E-state index contributed by atoms with van der Waals surface area (Å²) in [7, 11) is 1.56. The second-order valence-corrected chi connectivity index (χ2v) is 5.36. The lowest BCUT2D eigenvalue weighted by atomic mass is 10.1. The molecule has 1 N–H and O–H groups in total. The molecule has 2 aromatic carbocycles. The molecule has 0 spiro atoms. The summed E-state index contributed by atoms with van der Waals surface area (Å²) in [5.41, 5.74) is 1.03. The van der Waals surface area contributed by atoms with Crippen LogP contribution in [0.25, 0.3) is 6.08 Å². The molecule has 2 rings (SSSR count). The van der Waals surface area contributed by atoms with E-state index >= 15 is 0 Å². The molecule has 1 amide bonds. The fourth-order valence-electron chi connectivity index (χ4n) is 1.80. The van der Waals surface area contributed by atoms with E-state index in [1.807, 2.05) is 6.07 Å². The normalized spacial score (nSPS) is 10.8. The van der Waals surface area contributed by atoms with Gasteiger partial charge in [0.2, 0.25) is 0 Å². The number of benzene rings is 2.